The Labute approximate surface area is 150 Å². The molecule has 134 valence electrons. The van der Waals surface area contributed by atoms with Gasteiger partial charge in [-0.05, 0) is 38.0 Å². The zero-order valence-corrected chi connectivity index (χ0v) is 14.9. The van der Waals surface area contributed by atoms with Gasteiger partial charge in [0.2, 0.25) is 0 Å². The fraction of sp³-hybridized carbons (Fsp3) is 0.316. The van der Waals surface area contributed by atoms with Crippen LogP contribution in [0, 0.1) is 13.8 Å². The monoisotopic (exact) mass is 352 g/mol. The van der Waals surface area contributed by atoms with E-state index in [2.05, 4.69) is 26.5 Å². The lowest BCUT2D eigenvalue weighted by Crippen LogP contribution is -2.26. The van der Waals surface area contributed by atoms with Crippen LogP contribution < -0.4 is 10.1 Å². The average Bonchev–Trinajstić information content (AvgIpc) is 3.16. The van der Waals surface area contributed by atoms with Crippen LogP contribution in [-0.2, 0) is 6.42 Å². The van der Waals surface area contributed by atoms with Crippen molar-refractivity contribution in [1.82, 2.24) is 20.4 Å². The number of hydrogen-bond acceptors (Lipinski definition) is 5. The predicted molar refractivity (Wildman–Crippen MR) is 95.3 cm³/mol. The number of hydrogen-bond donors (Lipinski definition) is 2. The third-order valence-corrected chi connectivity index (χ3v) is 4.79. The van der Waals surface area contributed by atoms with Crippen molar-refractivity contribution in [3.63, 3.8) is 0 Å². The molecule has 4 rings (SSSR count). The molecule has 0 aliphatic carbocycles. The number of carbonyl (C=O) groups is 1. The Hall–Kier alpha value is -3.09. The Morgan fingerprint density at radius 2 is 2.15 bits per heavy atom. The van der Waals surface area contributed by atoms with Gasteiger partial charge in [0.05, 0.1) is 18.4 Å². The highest BCUT2D eigenvalue weighted by Crippen LogP contribution is 2.30. The van der Waals surface area contributed by atoms with Crippen molar-refractivity contribution in [3.8, 4) is 17.1 Å². The van der Waals surface area contributed by atoms with Crippen LogP contribution in [0.25, 0.3) is 11.4 Å². The lowest BCUT2D eigenvalue weighted by atomic mass is 9.94. The third kappa shape index (κ3) is 2.75. The minimum atomic E-state index is -0.167. The van der Waals surface area contributed by atoms with Crippen LogP contribution in [-0.4, -0.2) is 34.7 Å². The summed E-state index contributed by atoms with van der Waals surface area (Å²) in [6, 6.07) is 7.93. The molecule has 1 aromatic carbocycles. The van der Waals surface area contributed by atoms with E-state index in [4.69, 9.17) is 9.26 Å². The first-order chi connectivity index (χ1) is 12.6. The second kappa shape index (κ2) is 6.33. The molecule has 1 amide bonds. The number of methoxy groups -OCH3 is 1. The number of aryl methyl sites for hydroxylation is 2. The Bertz CT molecular complexity index is 954. The maximum Gasteiger partial charge on any atom is 0.271 e. The van der Waals surface area contributed by atoms with Crippen LogP contribution in [0.2, 0.25) is 0 Å². The number of nitrogens with one attached hydrogen (secondary N) is 2. The molecule has 3 aromatic rings. The van der Waals surface area contributed by atoms with Crippen LogP contribution in [0.1, 0.15) is 39.1 Å². The first kappa shape index (κ1) is 16.4. The number of amides is 1. The van der Waals surface area contributed by atoms with E-state index in [1.807, 2.05) is 32.0 Å². The number of fused-ring (bicyclic) bond motifs is 1. The van der Waals surface area contributed by atoms with Gasteiger partial charge < -0.3 is 19.6 Å². The average molecular weight is 352 g/mol. The quantitative estimate of drug-likeness (QED) is 0.756. The van der Waals surface area contributed by atoms with E-state index in [9.17, 15) is 4.79 Å². The highest BCUT2D eigenvalue weighted by molar-refractivity contribution is 5.94. The molecule has 0 saturated heterocycles. The molecule has 0 spiro atoms. The van der Waals surface area contributed by atoms with Gasteiger partial charge >= 0.3 is 0 Å². The summed E-state index contributed by atoms with van der Waals surface area (Å²) < 4.78 is 10.5. The number of rotatable bonds is 3. The zero-order valence-electron chi connectivity index (χ0n) is 14.9. The van der Waals surface area contributed by atoms with Crippen molar-refractivity contribution in [2.24, 2.45) is 0 Å². The van der Waals surface area contributed by atoms with Crippen LogP contribution >= 0.6 is 0 Å². The third-order valence-electron chi connectivity index (χ3n) is 4.79. The number of ether oxygens (including phenoxy) is 1. The Morgan fingerprint density at radius 1 is 1.31 bits per heavy atom. The number of aromatic amines is 1. The highest BCUT2D eigenvalue weighted by Gasteiger charge is 2.28. The number of H-pyrrole nitrogens is 1. The molecule has 3 heterocycles. The van der Waals surface area contributed by atoms with E-state index in [0.29, 0.717) is 30.2 Å². The first-order valence-corrected chi connectivity index (χ1v) is 8.51. The summed E-state index contributed by atoms with van der Waals surface area (Å²) >= 11 is 0. The van der Waals surface area contributed by atoms with Gasteiger partial charge in [-0.3, -0.25) is 4.79 Å². The summed E-state index contributed by atoms with van der Waals surface area (Å²) in [6.45, 7) is 4.25. The summed E-state index contributed by atoms with van der Waals surface area (Å²) in [4.78, 5) is 20.3. The molecule has 1 unspecified atom stereocenters. The zero-order chi connectivity index (χ0) is 18.3. The Kier molecular flexibility index (Phi) is 3.99. The lowest BCUT2D eigenvalue weighted by molar-refractivity contribution is 0.0950. The van der Waals surface area contributed by atoms with Crippen molar-refractivity contribution >= 4 is 5.91 Å². The summed E-state index contributed by atoms with van der Waals surface area (Å²) in [5.41, 5.74) is 3.93. The molecule has 26 heavy (non-hydrogen) atoms. The Balaban J connectivity index is 1.72. The molecular formula is C19H20N4O3. The second-order valence-corrected chi connectivity index (χ2v) is 6.50. The summed E-state index contributed by atoms with van der Waals surface area (Å²) in [5, 5.41) is 6.94. The van der Waals surface area contributed by atoms with E-state index in [1.54, 1.807) is 7.11 Å². The van der Waals surface area contributed by atoms with Gasteiger partial charge in [-0.2, -0.15) is 0 Å². The van der Waals surface area contributed by atoms with Crippen molar-refractivity contribution in [3.05, 3.63) is 52.7 Å². The van der Waals surface area contributed by atoms with E-state index < -0.39 is 0 Å². The van der Waals surface area contributed by atoms with Gasteiger partial charge in [0.25, 0.3) is 5.91 Å². The maximum atomic E-state index is 12.5. The van der Waals surface area contributed by atoms with E-state index >= 15 is 0 Å². The van der Waals surface area contributed by atoms with Gasteiger partial charge in [0.15, 0.2) is 0 Å². The number of carbonyl (C=O) groups excluding carboxylic acids is 1. The van der Waals surface area contributed by atoms with Gasteiger partial charge in [-0.1, -0.05) is 17.3 Å². The van der Waals surface area contributed by atoms with Gasteiger partial charge in [-0.15, -0.1) is 0 Å². The van der Waals surface area contributed by atoms with Crippen LogP contribution in [0.3, 0.4) is 0 Å². The predicted octanol–water partition coefficient (Wildman–Crippen LogP) is 2.76. The maximum absolute atomic E-state index is 12.5. The minimum Gasteiger partial charge on any atom is -0.497 e. The fourth-order valence-corrected chi connectivity index (χ4v) is 3.43. The standard InChI is InChI=1S/C19H20N4O3/c1-10-16(11(2)26-23-10)18-21-15-8-13(9-20-19(24)17(15)22-18)12-5-4-6-14(7-12)25-3/h4-7,13H,8-9H2,1-3H3,(H,20,24)(H,21,22). The Morgan fingerprint density at radius 3 is 2.88 bits per heavy atom. The van der Waals surface area contributed by atoms with E-state index in [0.717, 1.165) is 28.3 Å². The van der Waals surface area contributed by atoms with E-state index in [1.165, 1.54) is 0 Å². The van der Waals surface area contributed by atoms with Crippen LogP contribution in [0.15, 0.2) is 28.8 Å². The number of aromatic nitrogens is 3. The van der Waals surface area contributed by atoms with Crippen LogP contribution in [0.4, 0.5) is 0 Å². The number of imidazole rings is 1. The van der Waals surface area contributed by atoms with E-state index in [-0.39, 0.29) is 11.8 Å². The highest BCUT2D eigenvalue weighted by atomic mass is 16.5. The van der Waals surface area contributed by atoms with Gasteiger partial charge in [0.1, 0.15) is 23.0 Å². The largest absolute Gasteiger partial charge is 0.497 e. The number of nitrogens with zero attached hydrogens (tertiary/aromatic N) is 2. The molecule has 1 aliphatic heterocycles. The number of benzene rings is 1. The molecule has 2 N–H and O–H groups in total. The van der Waals surface area contributed by atoms with Crippen molar-refractivity contribution in [2.45, 2.75) is 26.2 Å². The van der Waals surface area contributed by atoms with Gasteiger partial charge in [0, 0.05) is 18.2 Å². The van der Waals surface area contributed by atoms with Crippen molar-refractivity contribution < 1.29 is 14.1 Å². The molecule has 0 fully saturated rings. The molecule has 0 saturated carbocycles. The smallest absolute Gasteiger partial charge is 0.271 e. The normalized spacial score (nSPS) is 16.7. The molecule has 1 atom stereocenters. The molecular weight excluding hydrogens is 332 g/mol. The molecule has 7 nitrogen and oxygen atoms in total. The summed E-state index contributed by atoms with van der Waals surface area (Å²) in [7, 11) is 1.65. The van der Waals surface area contributed by atoms with Crippen LogP contribution in [0.5, 0.6) is 5.75 Å². The summed E-state index contributed by atoms with van der Waals surface area (Å²) in [5.74, 6) is 2.07. The molecule has 7 heteroatoms. The summed E-state index contributed by atoms with van der Waals surface area (Å²) in [6.07, 6.45) is 0.678. The van der Waals surface area contributed by atoms with Crippen molar-refractivity contribution in [2.75, 3.05) is 13.7 Å². The van der Waals surface area contributed by atoms with Gasteiger partial charge in [-0.25, -0.2) is 4.98 Å². The second-order valence-electron chi connectivity index (χ2n) is 6.50. The SMILES string of the molecule is COc1cccc(C2CNC(=O)c3nc(-c4c(C)noc4C)[nH]c3C2)c1. The molecule has 1 aliphatic rings. The molecule has 0 radical (unpaired) electrons. The molecule has 2 aromatic heterocycles. The molecule has 0 bridgehead atoms. The first-order valence-electron chi connectivity index (χ1n) is 8.51. The van der Waals surface area contributed by atoms with Crippen molar-refractivity contribution in [1.29, 1.82) is 0 Å². The topological polar surface area (TPSA) is 93.0 Å². The minimum absolute atomic E-state index is 0.133. The lowest BCUT2D eigenvalue weighted by Gasteiger charge is -2.15. The fourth-order valence-electron chi connectivity index (χ4n) is 3.43.